The Balaban J connectivity index is 1.45. The molecule has 1 saturated heterocycles. The number of benzene rings is 2. The van der Waals surface area contributed by atoms with Crippen LogP contribution in [0.3, 0.4) is 0 Å². The van der Waals surface area contributed by atoms with Crippen molar-refractivity contribution in [3.8, 4) is 11.4 Å². The van der Waals surface area contributed by atoms with Gasteiger partial charge in [0.2, 0.25) is 17.6 Å². The van der Waals surface area contributed by atoms with E-state index in [1.165, 1.54) is 0 Å². The molecule has 132 valence electrons. The SMILES string of the molecule is O=C1C[C@H](c2nc(-c3cccnc3)no2)CN1c1cccc2ccccc12. The summed E-state index contributed by atoms with van der Waals surface area (Å²) < 4.78 is 5.46. The Bertz CT molecular complexity index is 1120. The van der Waals surface area contributed by atoms with Gasteiger partial charge in [0, 0.05) is 36.3 Å². The van der Waals surface area contributed by atoms with Gasteiger partial charge >= 0.3 is 0 Å². The van der Waals surface area contributed by atoms with E-state index in [0.29, 0.717) is 24.7 Å². The smallest absolute Gasteiger partial charge is 0.232 e. The van der Waals surface area contributed by atoms with E-state index in [4.69, 9.17) is 4.52 Å². The summed E-state index contributed by atoms with van der Waals surface area (Å²) in [5, 5.41) is 6.23. The molecular weight excluding hydrogens is 340 g/mol. The second kappa shape index (κ2) is 6.32. The van der Waals surface area contributed by atoms with E-state index in [1.807, 2.05) is 47.4 Å². The van der Waals surface area contributed by atoms with Gasteiger partial charge in [-0.1, -0.05) is 41.6 Å². The zero-order valence-corrected chi connectivity index (χ0v) is 14.4. The van der Waals surface area contributed by atoms with E-state index in [1.54, 1.807) is 12.4 Å². The third-order valence-corrected chi connectivity index (χ3v) is 4.89. The van der Waals surface area contributed by atoms with Gasteiger partial charge in [-0.05, 0) is 23.6 Å². The van der Waals surface area contributed by atoms with Gasteiger partial charge in [0.1, 0.15) is 0 Å². The number of carbonyl (C=O) groups excluding carboxylic acids is 1. The Morgan fingerprint density at radius 1 is 1.04 bits per heavy atom. The Hall–Kier alpha value is -3.54. The monoisotopic (exact) mass is 356 g/mol. The second-order valence-electron chi connectivity index (χ2n) is 6.60. The average molecular weight is 356 g/mol. The minimum absolute atomic E-state index is 0.0671. The summed E-state index contributed by atoms with van der Waals surface area (Å²) >= 11 is 0. The van der Waals surface area contributed by atoms with Crippen LogP contribution >= 0.6 is 0 Å². The molecular formula is C21H16N4O2. The number of aromatic nitrogens is 3. The summed E-state index contributed by atoms with van der Waals surface area (Å²) in [6.07, 6.45) is 3.75. The molecule has 1 fully saturated rings. The maximum absolute atomic E-state index is 12.7. The first-order valence-corrected chi connectivity index (χ1v) is 8.82. The van der Waals surface area contributed by atoms with Gasteiger partial charge in [-0.3, -0.25) is 9.78 Å². The van der Waals surface area contributed by atoms with Crippen molar-refractivity contribution in [3.05, 3.63) is 72.9 Å². The molecule has 1 aliphatic heterocycles. The molecule has 0 saturated carbocycles. The van der Waals surface area contributed by atoms with Gasteiger partial charge in [0.25, 0.3) is 0 Å². The van der Waals surface area contributed by atoms with Crippen molar-refractivity contribution in [2.75, 3.05) is 11.4 Å². The van der Waals surface area contributed by atoms with Crippen LogP contribution in [-0.2, 0) is 4.79 Å². The number of pyridine rings is 1. The van der Waals surface area contributed by atoms with Crippen molar-refractivity contribution in [1.82, 2.24) is 15.1 Å². The van der Waals surface area contributed by atoms with E-state index in [2.05, 4.69) is 27.3 Å². The minimum Gasteiger partial charge on any atom is -0.339 e. The molecule has 0 aliphatic carbocycles. The molecule has 1 amide bonds. The molecule has 2 aromatic carbocycles. The van der Waals surface area contributed by atoms with E-state index in [0.717, 1.165) is 22.0 Å². The van der Waals surface area contributed by atoms with Crippen molar-refractivity contribution < 1.29 is 9.32 Å². The van der Waals surface area contributed by atoms with Crippen molar-refractivity contribution in [2.45, 2.75) is 12.3 Å². The molecule has 0 radical (unpaired) electrons. The number of amides is 1. The van der Waals surface area contributed by atoms with Crippen LogP contribution in [0.25, 0.3) is 22.2 Å². The zero-order valence-electron chi connectivity index (χ0n) is 14.4. The van der Waals surface area contributed by atoms with Crippen LogP contribution in [0.5, 0.6) is 0 Å². The molecule has 0 bridgehead atoms. The maximum atomic E-state index is 12.7. The van der Waals surface area contributed by atoms with Gasteiger partial charge in [-0.25, -0.2) is 0 Å². The standard InChI is InChI=1S/C21H16N4O2/c26-19-11-16(21-23-20(24-27-21)15-7-4-10-22-12-15)13-25(19)18-9-3-6-14-5-1-2-8-17(14)18/h1-10,12,16H,11,13H2/t16-/m0/s1. The molecule has 2 aromatic heterocycles. The van der Waals surface area contributed by atoms with Crippen LogP contribution in [-0.4, -0.2) is 27.6 Å². The van der Waals surface area contributed by atoms with Crippen molar-refractivity contribution in [1.29, 1.82) is 0 Å². The van der Waals surface area contributed by atoms with Crippen LogP contribution in [0.4, 0.5) is 5.69 Å². The molecule has 6 heteroatoms. The quantitative estimate of drug-likeness (QED) is 0.558. The predicted molar refractivity (Wildman–Crippen MR) is 101 cm³/mol. The van der Waals surface area contributed by atoms with Crippen molar-refractivity contribution >= 4 is 22.4 Å². The molecule has 1 atom stereocenters. The molecule has 1 aliphatic rings. The lowest BCUT2D eigenvalue weighted by Crippen LogP contribution is -2.24. The van der Waals surface area contributed by atoms with Crippen molar-refractivity contribution in [2.24, 2.45) is 0 Å². The van der Waals surface area contributed by atoms with Gasteiger partial charge in [-0.2, -0.15) is 4.98 Å². The molecule has 6 nitrogen and oxygen atoms in total. The number of nitrogens with zero attached hydrogens (tertiary/aromatic N) is 4. The predicted octanol–water partition coefficient (Wildman–Crippen LogP) is 3.81. The van der Waals surface area contributed by atoms with Gasteiger partial charge in [0.15, 0.2) is 0 Å². The lowest BCUT2D eigenvalue weighted by Gasteiger charge is -2.18. The fourth-order valence-corrected chi connectivity index (χ4v) is 3.56. The summed E-state index contributed by atoms with van der Waals surface area (Å²) in [6.45, 7) is 0.529. The number of anilines is 1. The summed E-state index contributed by atoms with van der Waals surface area (Å²) in [5.41, 5.74) is 1.72. The van der Waals surface area contributed by atoms with E-state index < -0.39 is 0 Å². The number of hydrogen-bond donors (Lipinski definition) is 0. The fraction of sp³-hybridized carbons (Fsp3) is 0.143. The third-order valence-electron chi connectivity index (χ3n) is 4.89. The van der Waals surface area contributed by atoms with Crippen LogP contribution in [0.15, 0.2) is 71.5 Å². The topological polar surface area (TPSA) is 72.1 Å². The fourth-order valence-electron chi connectivity index (χ4n) is 3.56. The molecule has 4 aromatic rings. The largest absolute Gasteiger partial charge is 0.339 e. The summed E-state index contributed by atoms with van der Waals surface area (Å²) in [4.78, 5) is 23.1. The van der Waals surface area contributed by atoms with E-state index in [-0.39, 0.29) is 11.8 Å². The molecule has 0 spiro atoms. The van der Waals surface area contributed by atoms with Gasteiger partial charge < -0.3 is 9.42 Å². The summed E-state index contributed by atoms with van der Waals surface area (Å²) in [6, 6.07) is 17.8. The van der Waals surface area contributed by atoms with E-state index in [9.17, 15) is 4.79 Å². The van der Waals surface area contributed by atoms with Gasteiger partial charge in [0.05, 0.1) is 11.6 Å². The number of carbonyl (C=O) groups is 1. The lowest BCUT2D eigenvalue weighted by atomic mass is 10.1. The first-order chi connectivity index (χ1) is 13.3. The molecule has 27 heavy (non-hydrogen) atoms. The minimum atomic E-state index is -0.116. The number of hydrogen-bond acceptors (Lipinski definition) is 5. The van der Waals surface area contributed by atoms with Crippen LogP contribution < -0.4 is 4.90 Å². The van der Waals surface area contributed by atoms with Gasteiger partial charge in [-0.15, -0.1) is 0 Å². The highest BCUT2D eigenvalue weighted by molar-refractivity contribution is 6.05. The van der Waals surface area contributed by atoms with Crippen LogP contribution in [0, 0.1) is 0 Å². The molecule has 5 rings (SSSR count). The molecule has 0 N–H and O–H groups in total. The summed E-state index contributed by atoms with van der Waals surface area (Å²) in [5.74, 6) is 0.936. The Morgan fingerprint density at radius 3 is 2.81 bits per heavy atom. The Kier molecular flexibility index (Phi) is 3.67. The molecule has 3 heterocycles. The first-order valence-electron chi connectivity index (χ1n) is 8.82. The highest BCUT2D eigenvalue weighted by atomic mass is 16.5. The maximum Gasteiger partial charge on any atom is 0.232 e. The lowest BCUT2D eigenvalue weighted by molar-refractivity contribution is -0.117. The first kappa shape index (κ1) is 15.7. The zero-order chi connectivity index (χ0) is 18.2. The number of rotatable bonds is 3. The van der Waals surface area contributed by atoms with Crippen molar-refractivity contribution in [3.63, 3.8) is 0 Å². The van der Waals surface area contributed by atoms with Crippen LogP contribution in [0.2, 0.25) is 0 Å². The Labute approximate surface area is 155 Å². The van der Waals surface area contributed by atoms with Crippen LogP contribution in [0.1, 0.15) is 18.2 Å². The third kappa shape index (κ3) is 2.75. The highest BCUT2D eigenvalue weighted by Crippen LogP contribution is 2.35. The van der Waals surface area contributed by atoms with E-state index >= 15 is 0 Å². The Morgan fingerprint density at radius 2 is 1.93 bits per heavy atom. The molecule has 0 unspecified atom stereocenters. The average Bonchev–Trinajstić information content (AvgIpc) is 3.35. The second-order valence-corrected chi connectivity index (χ2v) is 6.60. The highest BCUT2D eigenvalue weighted by Gasteiger charge is 2.35. The number of fused-ring (bicyclic) bond motifs is 1. The summed E-state index contributed by atoms with van der Waals surface area (Å²) in [7, 11) is 0. The normalized spacial score (nSPS) is 17.0.